The second-order valence-corrected chi connectivity index (χ2v) is 7.26. The van der Waals surface area contributed by atoms with Crippen LogP contribution in [0.5, 0.6) is 0 Å². The smallest absolute Gasteiger partial charge is 0.228 e. The van der Waals surface area contributed by atoms with Crippen LogP contribution in [0.1, 0.15) is 38.4 Å². The van der Waals surface area contributed by atoms with Crippen LogP contribution in [-0.4, -0.2) is 35.4 Å². The molecule has 1 aromatic carbocycles. The Labute approximate surface area is 149 Å². The van der Waals surface area contributed by atoms with E-state index in [9.17, 15) is 4.79 Å². The van der Waals surface area contributed by atoms with Crippen molar-refractivity contribution in [3.05, 3.63) is 41.6 Å². The molecule has 0 saturated carbocycles. The Kier molecular flexibility index (Phi) is 5.98. The molecule has 1 amide bonds. The van der Waals surface area contributed by atoms with Gasteiger partial charge in [0.05, 0.1) is 23.9 Å². The molecule has 0 bridgehead atoms. The number of methoxy groups -OCH3 is 1. The van der Waals surface area contributed by atoms with E-state index >= 15 is 0 Å². The molecule has 3 N–H and O–H groups in total. The first-order valence-corrected chi connectivity index (χ1v) is 8.45. The molecule has 0 aliphatic carbocycles. The summed E-state index contributed by atoms with van der Waals surface area (Å²) in [6.45, 7) is 8.61. The molecule has 1 unspecified atom stereocenters. The van der Waals surface area contributed by atoms with Gasteiger partial charge in [-0.25, -0.2) is 4.68 Å². The summed E-state index contributed by atoms with van der Waals surface area (Å²) in [6.07, 6.45) is -0.0884. The number of carbonyl (C=O) groups is 1. The third kappa shape index (κ3) is 4.90. The number of aryl methyl sites for hydroxylation is 1. The van der Waals surface area contributed by atoms with E-state index in [0.717, 1.165) is 11.4 Å². The molecule has 6 nitrogen and oxygen atoms in total. The SMILES string of the molecule is COC(CN)CC(=O)Nc1cc(C(C)(C)C)nn1-c1ccc(C)cc1. The van der Waals surface area contributed by atoms with Gasteiger partial charge in [0.25, 0.3) is 0 Å². The van der Waals surface area contributed by atoms with Crippen molar-refractivity contribution < 1.29 is 9.53 Å². The highest BCUT2D eigenvalue weighted by atomic mass is 16.5. The molecule has 0 radical (unpaired) electrons. The van der Waals surface area contributed by atoms with E-state index in [1.165, 1.54) is 5.56 Å². The standard InChI is InChI=1S/C19H28N4O2/c1-13-6-8-14(9-7-13)23-17(11-16(22-23)19(2,3)4)21-18(24)10-15(12-20)25-5/h6-9,11,15H,10,12,20H2,1-5H3,(H,21,24). The second-order valence-electron chi connectivity index (χ2n) is 7.26. The Morgan fingerprint density at radius 3 is 2.48 bits per heavy atom. The highest BCUT2D eigenvalue weighted by molar-refractivity contribution is 5.90. The number of aromatic nitrogens is 2. The number of anilines is 1. The molecule has 2 rings (SSSR count). The molecule has 0 aliphatic rings. The highest BCUT2D eigenvalue weighted by Gasteiger charge is 2.22. The van der Waals surface area contributed by atoms with Gasteiger partial charge < -0.3 is 15.8 Å². The van der Waals surface area contributed by atoms with Crippen molar-refractivity contribution in [1.82, 2.24) is 9.78 Å². The Bertz CT molecular complexity index is 710. The topological polar surface area (TPSA) is 82.2 Å². The molecule has 2 aromatic rings. The number of nitrogens with zero attached hydrogens (tertiary/aromatic N) is 2. The van der Waals surface area contributed by atoms with E-state index < -0.39 is 0 Å². The average molecular weight is 344 g/mol. The lowest BCUT2D eigenvalue weighted by atomic mass is 9.92. The summed E-state index contributed by atoms with van der Waals surface area (Å²) in [6, 6.07) is 9.94. The molecule has 6 heteroatoms. The molecular weight excluding hydrogens is 316 g/mol. The summed E-state index contributed by atoms with van der Waals surface area (Å²) < 4.78 is 6.95. The monoisotopic (exact) mass is 344 g/mol. The van der Waals surface area contributed by atoms with Crippen LogP contribution in [0.3, 0.4) is 0 Å². The fraction of sp³-hybridized carbons (Fsp3) is 0.474. The van der Waals surface area contributed by atoms with Crippen LogP contribution in [0, 0.1) is 6.92 Å². The van der Waals surface area contributed by atoms with Crippen LogP contribution in [0.15, 0.2) is 30.3 Å². The zero-order valence-electron chi connectivity index (χ0n) is 15.7. The minimum absolute atomic E-state index is 0.123. The summed E-state index contributed by atoms with van der Waals surface area (Å²) in [4.78, 5) is 12.3. The Balaban J connectivity index is 2.33. The third-order valence-electron chi connectivity index (χ3n) is 4.03. The number of carbonyl (C=O) groups excluding carboxylic acids is 1. The first-order valence-electron chi connectivity index (χ1n) is 8.45. The number of hydrogen-bond donors (Lipinski definition) is 2. The van der Waals surface area contributed by atoms with E-state index in [0.29, 0.717) is 12.4 Å². The van der Waals surface area contributed by atoms with E-state index in [-0.39, 0.29) is 23.8 Å². The first-order chi connectivity index (χ1) is 11.7. The highest BCUT2D eigenvalue weighted by Crippen LogP contribution is 2.26. The average Bonchev–Trinajstić information content (AvgIpc) is 2.97. The van der Waals surface area contributed by atoms with E-state index in [1.807, 2.05) is 37.3 Å². The van der Waals surface area contributed by atoms with Gasteiger partial charge in [0, 0.05) is 25.1 Å². The molecular formula is C19H28N4O2. The minimum Gasteiger partial charge on any atom is -0.380 e. The fourth-order valence-electron chi connectivity index (χ4n) is 2.38. The molecule has 0 aliphatic heterocycles. The lowest BCUT2D eigenvalue weighted by molar-refractivity contribution is -0.118. The van der Waals surface area contributed by atoms with Crippen LogP contribution < -0.4 is 11.1 Å². The summed E-state index contributed by atoms with van der Waals surface area (Å²) in [5.41, 5.74) is 8.45. The molecule has 136 valence electrons. The van der Waals surface area contributed by atoms with Crippen molar-refractivity contribution in [3.63, 3.8) is 0 Å². The van der Waals surface area contributed by atoms with Gasteiger partial charge in [0.15, 0.2) is 0 Å². The second kappa shape index (κ2) is 7.80. The molecule has 0 saturated heterocycles. The van der Waals surface area contributed by atoms with Crippen LogP contribution in [-0.2, 0) is 14.9 Å². The summed E-state index contributed by atoms with van der Waals surface area (Å²) in [5, 5.41) is 7.64. The molecule has 0 spiro atoms. The van der Waals surface area contributed by atoms with Crippen molar-refractivity contribution in [2.24, 2.45) is 5.73 Å². The van der Waals surface area contributed by atoms with Gasteiger partial charge >= 0.3 is 0 Å². The van der Waals surface area contributed by atoms with Gasteiger partial charge in [-0.2, -0.15) is 5.10 Å². The van der Waals surface area contributed by atoms with Gasteiger partial charge in [-0.15, -0.1) is 0 Å². The van der Waals surface area contributed by atoms with Gasteiger partial charge in [-0.05, 0) is 19.1 Å². The zero-order valence-corrected chi connectivity index (χ0v) is 15.7. The van der Waals surface area contributed by atoms with E-state index in [1.54, 1.807) is 11.8 Å². The normalized spacial score (nSPS) is 12.9. The molecule has 25 heavy (non-hydrogen) atoms. The predicted octanol–water partition coefficient (Wildman–Crippen LogP) is 2.78. The lowest BCUT2D eigenvalue weighted by Gasteiger charge is -2.14. The van der Waals surface area contributed by atoms with Crippen LogP contribution in [0.4, 0.5) is 5.82 Å². The quantitative estimate of drug-likeness (QED) is 0.844. The number of rotatable bonds is 6. The maximum atomic E-state index is 12.3. The van der Waals surface area contributed by atoms with E-state index in [4.69, 9.17) is 15.6 Å². The van der Waals surface area contributed by atoms with Gasteiger partial charge in [-0.1, -0.05) is 38.5 Å². The minimum atomic E-state index is -0.294. The van der Waals surface area contributed by atoms with Crippen molar-refractivity contribution in [1.29, 1.82) is 0 Å². The lowest BCUT2D eigenvalue weighted by Crippen LogP contribution is -2.28. The maximum Gasteiger partial charge on any atom is 0.228 e. The maximum absolute atomic E-state index is 12.3. The van der Waals surface area contributed by atoms with Crippen LogP contribution >= 0.6 is 0 Å². The molecule has 0 fully saturated rings. The van der Waals surface area contributed by atoms with Crippen molar-refractivity contribution in [2.45, 2.75) is 45.6 Å². The number of hydrogen-bond acceptors (Lipinski definition) is 4. The van der Waals surface area contributed by atoms with Gasteiger partial charge in [0.2, 0.25) is 5.91 Å². The number of nitrogens with two attached hydrogens (primary N) is 1. The first kappa shape index (κ1) is 19.1. The Morgan fingerprint density at radius 2 is 1.96 bits per heavy atom. The summed E-state index contributed by atoms with van der Waals surface area (Å²) >= 11 is 0. The summed E-state index contributed by atoms with van der Waals surface area (Å²) in [5.74, 6) is 0.497. The number of ether oxygens (including phenoxy) is 1. The summed E-state index contributed by atoms with van der Waals surface area (Å²) in [7, 11) is 1.55. The third-order valence-corrected chi connectivity index (χ3v) is 4.03. The zero-order chi connectivity index (χ0) is 18.6. The van der Waals surface area contributed by atoms with Crippen molar-refractivity contribution in [3.8, 4) is 5.69 Å². The van der Waals surface area contributed by atoms with Crippen molar-refractivity contribution >= 4 is 11.7 Å². The Morgan fingerprint density at radius 1 is 1.32 bits per heavy atom. The molecule has 1 atom stereocenters. The van der Waals surface area contributed by atoms with Gasteiger partial charge in [-0.3, -0.25) is 4.79 Å². The molecule has 1 aromatic heterocycles. The van der Waals surface area contributed by atoms with Crippen molar-refractivity contribution in [2.75, 3.05) is 19.0 Å². The van der Waals surface area contributed by atoms with Gasteiger partial charge in [0.1, 0.15) is 5.82 Å². The fourth-order valence-corrected chi connectivity index (χ4v) is 2.38. The predicted molar refractivity (Wildman–Crippen MR) is 100 cm³/mol. The van der Waals surface area contributed by atoms with Crippen LogP contribution in [0.2, 0.25) is 0 Å². The number of amides is 1. The van der Waals surface area contributed by atoms with E-state index in [2.05, 4.69) is 26.1 Å². The Hall–Kier alpha value is -2.18. The van der Waals surface area contributed by atoms with Crippen LogP contribution in [0.25, 0.3) is 5.69 Å². The largest absolute Gasteiger partial charge is 0.380 e. The molecule has 1 heterocycles. The number of nitrogens with one attached hydrogen (secondary N) is 1. The number of benzene rings is 1.